The Bertz CT molecular complexity index is 392. The van der Waals surface area contributed by atoms with Gasteiger partial charge >= 0.3 is 0 Å². The SMILES string of the molecule is CC.CC(C)(O)c1cccc(C(O)C2CCSCC2)c1. The first-order chi connectivity index (χ1) is 9.48. The number of benzene rings is 1. The van der Waals surface area contributed by atoms with Gasteiger partial charge in [0.05, 0.1) is 11.7 Å². The number of aliphatic hydroxyl groups is 2. The lowest BCUT2D eigenvalue weighted by Gasteiger charge is -2.27. The van der Waals surface area contributed by atoms with E-state index in [1.807, 2.05) is 49.9 Å². The number of hydrogen-bond donors (Lipinski definition) is 2. The standard InChI is InChI=1S/C15H22O2S.C2H6/c1-15(2,17)13-5-3-4-12(10-13)14(16)11-6-8-18-9-7-11;1-2/h3-5,10-11,14,16-17H,6-9H2,1-2H3;1-2H3. The van der Waals surface area contributed by atoms with Crippen molar-refractivity contribution in [2.45, 2.75) is 52.2 Å². The zero-order valence-corrected chi connectivity index (χ0v) is 13.9. The van der Waals surface area contributed by atoms with Gasteiger partial charge in [0.15, 0.2) is 0 Å². The molecule has 1 aromatic carbocycles. The highest BCUT2D eigenvalue weighted by Crippen LogP contribution is 2.34. The molecule has 1 atom stereocenters. The Morgan fingerprint density at radius 3 is 2.35 bits per heavy atom. The zero-order chi connectivity index (χ0) is 15.2. The molecule has 0 aliphatic carbocycles. The predicted molar refractivity (Wildman–Crippen MR) is 88.0 cm³/mol. The van der Waals surface area contributed by atoms with Crippen LogP contribution in [0.2, 0.25) is 0 Å². The van der Waals surface area contributed by atoms with Gasteiger partial charge in [-0.05, 0) is 55.2 Å². The van der Waals surface area contributed by atoms with Gasteiger partial charge in [0.2, 0.25) is 0 Å². The van der Waals surface area contributed by atoms with Gasteiger partial charge in [-0.15, -0.1) is 0 Å². The summed E-state index contributed by atoms with van der Waals surface area (Å²) in [6, 6.07) is 7.73. The van der Waals surface area contributed by atoms with Gasteiger partial charge < -0.3 is 10.2 Å². The van der Waals surface area contributed by atoms with Crippen LogP contribution in [0, 0.1) is 5.92 Å². The van der Waals surface area contributed by atoms with E-state index in [1.165, 1.54) is 0 Å². The van der Waals surface area contributed by atoms with Crippen molar-refractivity contribution in [3.05, 3.63) is 35.4 Å². The zero-order valence-electron chi connectivity index (χ0n) is 13.1. The molecule has 1 aromatic rings. The van der Waals surface area contributed by atoms with Gasteiger partial charge in [-0.3, -0.25) is 0 Å². The average Bonchev–Trinajstić information content (AvgIpc) is 2.49. The first-order valence-electron chi connectivity index (χ1n) is 7.57. The summed E-state index contributed by atoms with van der Waals surface area (Å²) >= 11 is 1.97. The molecule has 1 unspecified atom stereocenters. The Labute approximate surface area is 127 Å². The maximum atomic E-state index is 10.4. The molecule has 1 heterocycles. The van der Waals surface area contributed by atoms with E-state index in [2.05, 4.69) is 0 Å². The Hall–Kier alpha value is -0.510. The molecule has 1 aliphatic rings. The van der Waals surface area contributed by atoms with E-state index in [0.717, 1.165) is 35.5 Å². The summed E-state index contributed by atoms with van der Waals surface area (Å²) in [7, 11) is 0. The molecule has 0 amide bonds. The van der Waals surface area contributed by atoms with Crippen LogP contribution in [-0.4, -0.2) is 21.7 Å². The minimum Gasteiger partial charge on any atom is -0.388 e. The van der Waals surface area contributed by atoms with E-state index in [1.54, 1.807) is 13.8 Å². The fourth-order valence-electron chi connectivity index (χ4n) is 2.41. The van der Waals surface area contributed by atoms with E-state index < -0.39 is 11.7 Å². The number of rotatable bonds is 3. The first kappa shape index (κ1) is 17.5. The monoisotopic (exact) mass is 296 g/mol. The van der Waals surface area contributed by atoms with Crippen molar-refractivity contribution in [1.82, 2.24) is 0 Å². The van der Waals surface area contributed by atoms with Crippen LogP contribution in [0.5, 0.6) is 0 Å². The molecule has 1 saturated heterocycles. The molecule has 0 spiro atoms. The van der Waals surface area contributed by atoms with Crippen molar-refractivity contribution in [2.75, 3.05) is 11.5 Å². The fourth-order valence-corrected chi connectivity index (χ4v) is 3.55. The van der Waals surface area contributed by atoms with Crippen LogP contribution in [0.15, 0.2) is 24.3 Å². The van der Waals surface area contributed by atoms with Gasteiger partial charge in [-0.2, -0.15) is 11.8 Å². The Balaban J connectivity index is 0.000000956. The molecule has 20 heavy (non-hydrogen) atoms. The number of hydrogen-bond acceptors (Lipinski definition) is 3. The van der Waals surface area contributed by atoms with Gasteiger partial charge in [0.25, 0.3) is 0 Å². The second-order valence-corrected chi connectivity index (χ2v) is 6.80. The van der Waals surface area contributed by atoms with E-state index in [-0.39, 0.29) is 0 Å². The number of aliphatic hydroxyl groups excluding tert-OH is 1. The third-order valence-corrected chi connectivity index (χ3v) is 4.70. The third kappa shape index (κ3) is 4.80. The molecule has 0 radical (unpaired) electrons. The van der Waals surface area contributed by atoms with Crippen molar-refractivity contribution < 1.29 is 10.2 Å². The van der Waals surface area contributed by atoms with Gasteiger partial charge in [-0.25, -0.2) is 0 Å². The molecule has 1 fully saturated rings. The summed E-state index contributed by atoms with van der Waals surface area (Å²) in [4.78, 5) is 0. The molecule has 114 valence electrons. The van der Waals surface area contributed by atoms with E-state index in [4.69, 9.17) is 0 Å². The lowest BCUT2D eigenvalue weighted by Crippen LogP contribution is -2.20. The third-order valence-electron chi connectivity index (χ3n) is 3.65. The summed E-state index contributed by atoms with van der Waals surface area (Å²) < 4.78 is 0. The molecular weight excluding hydrogens is 268 g/mol. The summed E-state index contributed by atoms with van der Waals surface area (Å²) in [6.45, 7) is 7.55. The highest BCUT2D eigenvalue weighted by Gasteiger charge is 2.24. The van der Waals surface area contributed by atoms with Crippen molar-refractivity contribution in [3.63, 3.8) is 0 Å². The molecule has 0 saturated carbocycles. The highest BCUT2D eigenvalue weighted by molar-refractivity contribution is 7.99. The summed E-state index contributed by atoms with van der Waals surface area (Å²) in [5.41, 5.74) is 0.953. The largest absolute Gasteiger partial charge is 0.388 e. The smallest absolute Gasteiger partial charge is 0.0840 e. The Morgan fingerprint density at radius 1 is 1.20 bits per heavy atom. The average molecular weight is 296 g/mol. The molecule has 2 N–H and O–H groups in total. The van der Waals surface area contributed by atoms with Gasteiger partial charge in [-0.1, -0.05) is 38.1 Å². The Morgan fingerprint density at radius 2 is 1.80 bits per heavy atom. The van der Waals surface area contributed by atoms with Gasteiger partial charge in [0.1, 0.15) is 0 Å². The van der Waals surface area contributed by atoms with Gasteiger partial charge in [0, 0.05) is 0 Å². The predicted octanol–water partition coefficient (Wildman–Crippen LogP) is 4.12. The maximum Gasteiger partial charge on any atom is 0.0840 e. The molecule has 2 nitrogen and oxygen atoms in total. The molecule has 0 bridgehead atoms. The summed E-state index contributed by atoms with van der Waals surface area (Å²) in [6.07, 6.45) is 1.77. The van der Waals surface area contributed by atoms with E-state index >= 15 is 0 Å². The molecule has 3 heteroatoms. The molecular formula is C17H28O2S. The van der Waals surface area contributed by atoms with Crippen molar-refractivity contribution >= 4 is 11.8 Å². The number of thioether (sulfide) groups is 1. The van der Waals surface area contributed by atoms with Crippen LogP contribution < -0.4 is 0 Å². The van der Waals surface area contributed by atoms with Crippen molar-refractivity contribution in [1.29, 1.82) is 0 Å². The second-order valence-electron chi connectivity index (χ2n) is 5.58. The normalized spacial score (nSPS) is 18.1. The van der Waals surface area contributed by atoms with Crippen LogP contribution in [0.1, 0.15) is 57.8 Å². The summed E-state index contributed by atoms with van der Waals surface area (Å²) in [5.74, 6) is 2.66. The van der Waals surface area contributed by atoms with E-state index in [0.29, 0.717) is 5.92 Å². The molecule has 0 aromatic heterocycles. The lowest BCUT2D eigenvalue weighted by atomic mass is 9.88. The van der Waals surface area contributed by atoms with Crippen molar-refractivity contribution in [2.24, 2.45) is 5.92 Å². The van der Waals surface area contributed by atoms with Crippen LogP contribution in [0.3, 0.4) is 0 Å². The lowest BCUT2D eigenvalue weighted by molar-refractivity contribution is 0.0770. The van der Waals surface area contributed by atoms with Crippen LogP contribution in [-0.2, 0) is 5.60 Å². The second kappa shape index (κ2) is 8.06. The van der Waals surface area contributed by atoms with E-state index in [9.17, 15) is 10.2 Å². The maximum absolute atomic E-state index is 10.4. The molecule has 2 rings (SSSR count). The van der Waals surface area contributed by atoms with Crippen LogP contribution in [0.25, 0.3) is 0 Å². The van der Waals surface area contributed by atoms with Crippen molar-refractivity contribution in [3.8, 4) is 0 Å². The Kier molecular flexibility index (Phi) is 7.07. The summed E-state index contributed by atoms with van der Waals surface area (Å²) in [5, 5.41) is 20.5. The topological polar surface area (TPSA) is 40.5 Å². The first-order valence-corrected chi connectivity index (χ1v) is 8.72. The molecule has 1 aliphatic heterocycles. The minimum atomic E-state index is -0.849. The van der Waals surface area contributed by atoms with Crippen LogP contribution >= 0.6 is 11.8 Å². The highest BCUT2D eigenvalue weighted by atomic mass is 32.2. The van der Waals surface area contributed by atoms with Crippen LogP contribution in [0.4, 0.5) is 0 Å². The quantitative estimate of drug-likeness (QED) is 0.881. The minimum absolute atomic E-state index is 0.364. The fraction of sp³-hybridized carbons (Fsp3) is 0.647.